The van der Waals surface area contributed by atoms with E-state index in [1.54, 1.807) is 0 Å². The van der Waals surface area contributed by atoms with Crippen LogP contribution in [0.5, 0.6) is 0 Å². The first-order valence-corrected chi connectivity index (χ1v) is 4.83. The second kappa shape index (κ2) is 3.62. The summed E-state index contributed by atoms with van der Waals surface area (Å²) < 4.78 is 0. The zero-order chi connectivity index (χ0) is 9.10. The van der Waals surface area contributed by atoms with Crippen LogP contribution in [-0.4, -0.2) is 6.54 Å². The zero-order valence-electron chi connectivity index (χ0n) is 7.66. The first kappa shape index (κ1) is 8.31. The lowest BCUT2D eigenvalue weighted by Crippen LogP contribution is -1.93. The fourth-order valence-corrected chi connectivity index (χ4v) is 1.73. The Labute approximate surface area is 79.2 Å². The van der Waals surface area contributed by atoms with Crippen LogP contribution in [0.15, 0.2) is 24.3 Å². The summed E-state index contributed by atoms with van der Waals surface area (Å²) in [5.74, 6) is 0.807. The van der Waals surface area contributed by atoms with Crippen molar-refractivity contribution < 1.29 is 0 Å². The first-order chi connectivity index (χ1) is 6.42. The van der Waals surface area contributed by atoms with Crippen molar-refractivity contribution in [1.29, 1.82) is 0 Å². The molecule has 0 saturated heterocycles. The fourth-order valence-electron chi connectivity index (χ4n) is 1.73. The molecule has 0 spiro atoms. The SMILES string of the molecule is [C-]#[N+]CCc1ccccc1C1CC1. The van der Waals surface area contributed by atoms with Gasteiger partial charge >= 0.3 is 0 Å². The second-order valence-electron chi connectivity index (χ2n) is 3.60. The highest BCUT2D eigenvalue weighted by Crippen LogP contribution is 2.41. The van der Waals surface area contributed by atoms with E-state index in [2.05, 4.69) is 29.1 Å². The molecular formula is C12H13N. The van der Waals surface area contributed by atoms with Gasteiger partial charge < -0.3 is 4.85 Å². The minimum atomic E-state index is 0.629. The maximum absolute atomic E-state index is 6.77. The van der Waals surface area contributed by atoms with Gasteiger partial charge in [-0.1, -0.05) is 24.3 Å². The molecule has 0 atom stereocenters. The maximum Gasteiger partial charge on any atom is 0.218 e. The van der Waals surface area contributed by atoms with Gasteiger partial charge in [0.1, 0.15) is 0 Å². The van der Waals surface area contributed by atoms with Crippen molar-refractivity contribution in [3.63, 3.8) is 0 Å². The zero-order valence-corrected chi connectivity index (χ0v) is 7.66. The van der Waals surface area contributed by atoms with Gasteiger partial charge in [-0.15, -0.1) is 0 Å². The molecule has 1 heteroatoms. The smallest absolute Gasteiger partial charge is 0.218 e. The van der Waals surface area contributed by atoms with Crippen LogP contribution in [0.25, 0.3) is 4.85 Å². The lowest BCUT2D eigenvalue weighted by molar-refractivity contribution is 1.00. The molecule has 1 fully saturated rings. The van der Waals surface area contributed by atoms with Crippen LogP contribution in [0.1, 0.15) is 29.9 Å². The summed E-state index contributed by atoms with van der Waals surface area (Å²) in [5, 5.41) is 0. The molecule has 0 amide bonds. The summed E-state index contributed by atoms with van der Waals surface area (Å²) in [7, 11) is 0. The molecule has 66 valence electrons. The molecule has 0 bridgehead atoms. The predicted octanol–water partition coefficient (Wildman–Crippen LogP) is 3.03. The maximum atomic E-state index is 6.77. The van der Waals surface area contributed by atoms with Gasteiger partial charge in [0.05, 0.1) is 0 Å². The summed E-state index contributed by atoms with van der Waals surface area (Å²) >= 11 is 0. The monoisotopic (exact) mass is 171 g/mol. The van der Waals surface area contributed by atoms with Crippen LogP contribution >= 0.6 is 0 Å². The van der Waals surface area contributed by atoms with Crippen molar-refractivity contribution >= 4 is 0 Å². The first-order valence-electron chi connectivity index (χ1n) is 4.83. The summed E-state index contributed by atoms with van der Waals surface area (Å²) in [6.07, 6.45) is 3.61. The van der Waals surface area contributed by atoms with E-state index in [9.17, 15) is 0 Å². The van der Waals surface area contributed by atoms with Crippen LogP contribution in [-0.2, 0) is 6.42 Å². The minimum Gasteiger partial charge on any atom is -0.317 e. The summed E-state index contributed by atoms with van der Waals surface area (Å²) in [6, 6.07) is 8.57. The highest BCUT2D eigenvalue weighted by Gasteiger charge is 2.25. The third kappa shape index (κ3) is 1.89. The van der Waals surface area contributed by atoms with E-state index in [1.165, 1.54) is 24.0 Å². The molecule has 1 aromatic rings. The average Bonchev–Trinajstić information content (AvgIpc) is 2.98. The van der Waals surface area contributed by atoms with Gasteiger partial charge in [0.2, 0.25) is 6.54 Å². The van der Waals surface area contributed by atoms with Gasteiger partial charge in [0.15, 0.2) is 0 Å². The molecule has 0 aliphatic heterocycles. The van der Waals surface area contributed by atoms with Crippen LogP contribution < -0.4 is 0 Å². The Hall–Kier alpha value is -1.29. The lowest BCUT2D eigenvalue weighted by atomic mass is 10.0. The molecule has 0 N–H and O–H groups in total. The lowest BCUT2D eigenvalue weighted by Gasteiger charge is -2.04. The Morgan fingerprint density at radius 3 is 2.77 bits per heavy atom. The summed E-state index contributed by atoms with van der Waals surface area (Å²) in [5.41, 5.74) is 2.88. The summed E-state index contributed by atoms with van der Waals surface area (Å²) in [6.45, 7) is 7.40. The Balaban J connectivity index is 2.17. The van der Waals surface area contributed by atoms with Crippen LogP contribution in [0.3, 0.4) is 0 Å². The predicted molar refractivity (Wildman–Crippen MR) is 53.6 cm³/mol. The van der Waals surface area contributed by atoms with Crippen LogP contribution in [0.4, 0.5) is 0 Å². The normalized spacial score (nSPS) is 15.3. The van der Waals surface area contributed by atoms with Gasteiger partial charge in [-0.3, -0.25) is 0 Å². The molecule has 0 heterocycles. The Morgan fingerprint density at radius 2 is 2.08 bits per heavy atom. The van der Waals surface area contributed by atoms with Crippen molar-refractivity contribution in [1.82, 2.24) is 0 Å². The molecule has 1 nitrogen and oxygen atoms in total. The highest BCUT2D eigenvalue weighted by atomic mass is 14.6. The molecule has 0 unspecified atom stereocenters. The van der Waals surface area contributed by atoms with Crippen LogP contribution in [0.2, 0.25) is 0 Å². The third-order valence-electron chi connectivity index (χ3n) is 2.57. The van der Waals surface area contributed by atoms with E-state index in [-0.39, 0.29) is 0 Å². The van der Waals surface area contributed by atoms with Crippen molar-refractivity contribution in [2.75, 3.05) is 6.54 Å². The van der Waals surface area contributed by atoms with Gasteiger partial charge in [0.25, 0.3) is 0 Å². The van der Waals surface area contributed by atoms with E-state index >= 15 is 0 Å². The Bertz CT molecular complexity index is 331. The Kier molecular flexibility index (Phi) is 2.31. The van der Waals surface area contributed by atoms with Crippen molar-refractivity contribution in [3.05, 3.63) is 46.8 Å². The molecule has 0 aromatic heterocycles. The highest BCUT2D eigenvalue weighted by molar-refractivity contribution is 5.33. The van der Waals surface area contributed by atoms with Gasteiger partial charge in [-0.25, -0.2) is 6.57 Å². The largest absolute Gasteiger partial charge is 0.317 e. The van der Waals surface area contributed by atoms with Crippen molar-refractivity contribution in [2.24, 2.45) is 0 Å². The average molecular weight is 171 g/mol. The summed E-state index contributed by atoms with van der Waals surface area (Å²) in [4.78, 5) is 3.40. The van der Waals surface area contributed by atoms with E-state index < -0.39 is 0 Å². The van der Waals surface area contributed by atoms with E-state index in [1.807, 2.05) is 0 Å². The number of rotatable bonds is 3. The Morgan fingerprint density at radius 1 is 1.31 bits per heavy atom. The quantitative estimate of drug-likeness (QED) is 0.616. The molecule has 1 aromatic carbocycles. The van der Waals surface area contributed by atoms with E-state index in [0.29, 0.717) is 6.54 Å². The van der Waals surface area contributed by atoms with Crippen molar-refractivity contribution in [2.45, 2.75) is 25.2 Å². The molecular weight excluding hydrogens is 158 g/mol. The van der Waals surface area contributed by atoms with E-state index in [0.717, 1.165) is 12.3 Å². The second-order valence-corrected chi connectivity index (χ2v) is 3.60. The number of benzene rings is 1. The van der Waals surface area contributed by atoms with Gasteiger partial charge in [-0.05, 0) is 29.9 Å². The molecule has 0 radical (unpaired) electrons. The van der Waals surface area contributed by atoms with E-state index in [4.69, 9.17) is 6.57 Å². The molecule has 13 heavy (non-hydrogen) atoms. The minimum absolute atomic E-state index is 0.629. The van der Waals surface area contributed by atoms with Crippen LogP contribution in [0, 0.1) is 6.57 Å². The fraction of sp³-hybridized carbons (Fsp3) is 0.417. The molecule has 1 saturated carbocycles. The standard InChI is InChI=1S/C12H13N/c1-13-9-8-10-4-2-3-5-12(10)11-6-7-11/h2-5,11H,6-9H2. The van der Waals surface area contributed by atoms with Gasteiger partial charge in [0, 0.05) is 6.42 Å². The molecule has 2 rings (SSSR count). The number of nitrogens with zero attached hydrogens (tertiary/aromatic N) is 1. The number of hydrogen-bond acceptors (Lipinski definition) is 0. The topological polar surface area (TPSA) is 4.36 Å². The number of hydrogen-bond donors (Lipinski definition) is 0. The molecule has 1 aliphatic rings. The third-order valence-corrected chi connectivity index (χ3v) is 2.57. The van der Waals surface area contributed by atoms with Crippen molar-refractivity contribution in [3.8, 4) is 0 Å². The molecule has 1 aliphatic carbocycles. The van der Waals surface area contributed by atoms with Gasteiger partial charge in [-0.2, -0.15) is 0 Å².